The SMILES string of the molecule is COc1ccc2c(O[C@@H]3C[C@H]4C(=O)N[C@]5(C(=O)O)CC5/C=C\CCCCC[C@H](NC(=O)N[C@H](CN5CCCCC5=O)C(C)(C)C)C(=O)N4C3)cc(-c3csc(NC(C)C)n3)nc2c1. The number of piperidine rings is 1. The number of likely N-dealkylation sites (tertiary alicyclic amines) is 1. The first-order chi connectivity index (χ1) is 30.0. The summed E-state index contributed by atoms with van der Waals surface area (Å²) in [7, 11) is 1.58. The predicted octanol–water partition coefficient (Wildman–Crippen LogP) is 6.11. The van der Waals surface area contributed by atoms with Crippen LogP contribution in [0.1, 0.15) is 98.8 Å². The normalized spacial score (nSPS) is 25.5. The summed E-state index contributed by atoms with van der Waals surface area (Å²) < 4.78 is 12.3. The number of aliphatic carboxylic acids is 1. The van der Waals surface area contributed by atoms with Gasteiger partial charge < -0.3 is 45.6 Å². The van der Waals surface area contributed by atoms with E-state index in [0.717, 1.165) is 37.2 Å². The Kier molecular flexibility index (Phi) is 13.8. The van der Waals surface area contributed by atoms with E-state index in [1.165, 1.54) is 16.2 Å². The van der Waals surface area contributed by atoms with Crippen molar-refractivity contribution < 1.29 is 38.6 Å². The molecule has 1 aliphatic carbocycles. The molecule has 340 valence electrons. The lowest BCUT2D eigenvalue weighted by Crippen LogP contribution is -2.59. The molecule has 5 heterocycles. The van der Waals surface area contributed by atoms with Gasteiger partial charge in [-0.05, 0) is 69.9 Å². The van der Waals surface area contributed by atoms with Crippen molar-refractivity contribution in [2.45, 2.75) is 135 Å². The van der Waals surface area contributed by atoms with Crippen LogP contribution in [0.5, 0.6) is 11.5 Å². The van der Waals surface area contributed by atoms with Crippen molar-refractivity contribution in [3.8, 4) is 22.9 Å². The standard InChI is InChI=1S/C46H62N8O8S/c1-27(2)47-44-50-35(26-63-44)34-22-37(31-18-17-29(61-6)20-33(31)48-34)62-30-21-36-40(56)52-46(42(58)59)23-28(46)14-10-8-7-9-11-15-32(41(57)54(36)24-30)49-43(60)51-38(45(3,4)5)25-53-19-13-12-16-39(53)55/h10,14,17-18,20,22,26-28,30,32,36,38H,7-9,11-13,15-16,19,21,23-25H2,1-6H3,(H,47,50)(H,52,56)(H,58,59)(H2,49,51,60)/b14-10-/t28?,30-,32+,36+,38-,46-/m1/s1. The van der Waals surface area contributed by atoms with E-state index in [9.17, 15) is 29.1 Å². The van der Waals surface area contributed by atoms with Crippen LogP contribution in [0.4, 0.5) is 9.93 Å². The number of carboxylic acids is 1. The summed E-state index contributed by atoms with van der Waals surface area (Å²) in [6.07, 6.45) is 8.94. The number of aromatic nitrogens is 2. The molecule has 7 rings (SSSR count). The zero-order chi connectivity index (χ0) is 45.1. The third-order valence-electron chi connectivity index (χ3n) is 12.6. The summed E-state index contributed by atoms with van der Waals surface area (Å²) >= 11 is 1.46. The molecule has 3 aromatic rings. The number of nitrogens with one attached hydrogen (secondary N) is 4. The summed E-state index contributed by atoms with van der Waals surface area (Å²) in [5.74, 6) is -1.43. The molecule has 3 aliphatic heterocycles. The van der Waals surface area contributed by atoms with Gasteiger partial charge in [0.25, 0.3) is 0 Å². The second kappa shape index (κ2) is 19.1. The zero-order valence-electron chi connectivity index (χ0n) is 37.2. The molecule has 2 saturated heterocycles. The highest BCUT2D eigenvalue weighted by Gasteiger charge is 2.61. The summed E-state index contributed by atoms with van der Waals surface area (Å²) in [4.78, 5) is 81.7. The maximum Gasteiger partial charge on any atom is 0.330 e. The van der Waals surface area contributed by atoms with Crippen molar-refractivity contribution in [2.75, 3.05) is 32.1 Å². The van der Waals surface area contributed by atoms with Gasteiger partial charge in [0.05, 0.1) is 30.9 Å². The topological polar surface area (TPSA) is 204 Å². The van der Waals surface area contributed by atoms with E-state index in [2.05, 4.69) is 21.3 Å². The average Bonchev–Trinajstić information content (AvgIpc) is 3.49. The van der Waals surface area contributed by atoms with Gasteiger partial charge in [-0.2, -0.15) is 0 Å². The smallest absolute Gasteiger partial charge is 0.330 e. The van der Waals surface area contributed by atoms with Gasteiger partial charge in [-0.3, -0.25) is 14.4 Å². The number of amides is 5. The third-order valence-corrected chi connectivity index (χ3v) is 13.3. The molecule has 1 saturated carbocycles. The number of rotatable bonds is 11. The van der Waals surface area contributed by atoms with Gasteiger partial charge in [0.1, 0.15) is 40.9 Å². The van der Waals surface area contributed by atoms with E-state index in [1.54, 1.807) is 24.1 Å². The summed E-state index contributed by atoms with van der Waals surface area (Å²) in [5.41, 5.74) is -0.0957. The Morgan fingerprint density at radius 3 is 2.60 bits per heavy atom. The molecule has 6 atom stereocenters. The molecule has 1 unspecified atom stereocenters. The lowest BCUT2D eigenvalue weighted by atomic mass is 9.86. The molecule has 2 aromatic heterocycles. The minimum Gasteiger partial charge on any atom is -0.497 e. The van der Waals surface area contributed by atoms with Crippen LogP contribution in [0.15, 0.2) is 41.8 Å². The third kappa shape index (κ3) is 10.7. The molecule has 5 N–H and O–H groups in total. The number of carbonyl (C=O) groups excluding carboxylic acids is 4. The number of hydrogen-bond donors (Lipinski definition) is 5. The molecule has 0 bridgehead atoms. The quantitative estimate of drug-likeness (QED) is 0.139. The molecular weight excluding hydrogens is 825 g/mol. The van der Waals surface area contributed by atoms with Crippen LogP contribution in [0.25, 0.3) is 22.3 Å². The van der Waals surface area contributed by atoms with E-state index in [1.807, 2.05) is 64.3 Å². The van der Waals surface area contributed by atoms with Crippen LogP contribution in [0, 0.1) is 11.3 Å². The molecule has 0 spiro atoms. The summed E-state index contributed by atoms with van der Waals surface area (Å²) in [6, 6.07) is 4.40. The van der Waals surface area contributed by atoms with Crippen LogP contribution >= 0.6 is 11.3 Å². The summed E-state index contributed by atoms with van der Waals surface area (Å²) in [5, 5.41) is 25.9. The number of urea groups is 1. The number of pyridine rings is 1. The molecule has 0 radical (unpaired) electrons. The fourth-order valence-electron chi connectivity index (χ4n) is 8.73. The van der Waals surface area contributed by atoms with Gasteiger partial charge >= 0.3 is 12.0 Å². The lowest BCUT2D eigenvalue weighted by Gasteiger charge is -2.37. The number of fused-ring (bicyclic) bond motifs is 3. The van der Waals surface area contributed by atoms with Gasteiger partial charge in [-0.25, -0.2) is 19.6 Å². The largest absolute Gasteiger partial charge is 0.497 e. The van der Waals surface area contributed by atoms with Crippen LogP contribution in [0.3, 0.4) is 0 Å². The number of benzene rings is 1. The molecule has 5 amide bonds. The highest BCUT2D eigenvalue weighted by molar-refractivity contribution is 7.14. The fraction of sp³-hybridized carbons (Fsp3) is 0.587. The van der Waals surface area contributed by atoms with E-state index in [4.69, 9.17) is 19.4 Å². The number of ether oxygens (including phenoxy) is 2. The first-order valence-corrected chi connectivity index (χ1v) is 23.2. The average molecular weight is 887 g/mol. The molecule has 3 fully saturated rings. The number of allylic oxidation sites excluding steroid dienone is 1. The Bertz CT molecular complexity index is 2220. The van der Waals surface area contributed by atoms with Gasteiger partial charge in [0.2, 0.25) is 17.7 Å². The Morgan fingerprint density at radius 1 is 1.06 bits per heavy atom. The Morgan fingerprint density at radius 2 is 1.87 bits per heavy atom. The minimum atomic E-state index is -1.48. The van der Waals surface area contributed by atoms with Crippen molar-refractivity contribution in [1.29, 1.82) is 0 Å². The second-order valence-electron chi connectivity index (χ2n) is 18.7. The molecule has 16 nitrogen and oxygen atoms in total. The number of carbonyl (C=O) groups is 5. The van der Waals surface area contributed by atoms with Crippen molar-refractivity contribution >= 4 is 57.1 Å². The first-order valence-electron chi connectivity index (χ1n) is 22.3. The van der Waals surface area contributed by atoms with Crippen LogP contribution in [0.2, 0.25) is 0 Å². The molecule has 63 heavy (non-hydrogen) atoms. The molecule has 1 aromatic carbocycles. The Balaban J connectivity index is 1.19. The number of anilines is 1. The molecule has 4 aliphatic rings. The van der Waals surface area contributed by atoms with Crippen molar-refractivity contribution in [1.82, 2.24) is 35.7 Å². The lowest BCUT2D eigenvalue weighted by molar-refractivity contribution is -0.145. The van der Waals surface area contributed by atoms with Crippen molar-refractivity contribution in [3.63, 3.8) is 0 Å². The van der Waals surface area contributed by atoms with Crippen LogP contribution in [-0.4, -0.2) is 117 Å². The fourth-order valence-corrected chi connectivity index (χ4v) is 9.58. The van der Waals surface area contributed by atoms with E-state index in [0.29, 0.717) is 66.1 Å². The second-order valence-corrected chi connectivity index (χ2v) is 19.6. The van der Waals surface area contributed by atoms with Gasteiger partial charge in [0, 0.05) is 60.8 Å². The van der Waals surface area contributed by atoms with Gasteiger partial charge in [-0.1, -0.05) is 45.8 Å². The predicted molar refractivity (Wildman–Crippen MR) is 241 cm³/mol. The Labute approximate surface area is 372 Å². The molecular formula is C46H62N8O8S. The monoisotopic (exact) mass is 886 g/mol. The van der Waals surface area contributed by atoms with Crippen molar-refractivity contribution in [3.05, 3.63) is 41.8 Å². The number of thiazole rings is 1. The summed E-state index contributed by atoms with van der Waals surface area (Å²) in [6.45, 7) is 11.0. The minimum absolute atomic E-state index is 0.00370. The van der Waals surface area contributed by atoms with E-state index >= 15 is 0 Å². The maximum atomic E-state index is 14.9. The van der Waals surface area contributed by atoms with Gasteiger partial charge in [-0.15, -0.1) is 11.3 Å². The van der Waals surface area contributed by atoms with Crippen molar-refractivity contribution in [2.24, 2.45) is 11.3 Å². The maximum absolute atomic E-state index is 14.9. The zero-order valence-corrected chi connectivity index (χ0v) is 38.0. The van der Waals surface area contributed by atoms with Crippen LogP contribution < -0.4 is 30.7 Å². The highest BCUT2D eigenvalue weighted by atomic mass is 32.1. The van der Waals surface area contributed by atoms with E-state index in [-0.39, 0.29) is 37.3 Å². The van der Waals surface area contributed by atoms with Crippen LogP contribution in [-0.2, 0) is 19.2 Å². The number of carboxylic acid groups (broad SMARTS) is 1. The first kappa shape index (κ1) is 45.6. The molecule has 17 heteroatoms. The number of hydrogen-bond acceptors (Lipinski definition) is 11. The number of nitrogens with zero attached hydrogens (tertiary/aromatic N) is 4. The highest BCUT2D eigenvalue weighted by Crippen LogP contribution is 2.45. The number of methoxy groups -OCH3 is 1. The Hall–Kier alpha value is -5.45. The van der Waals surface area contributed by atoms with Gasteiger partial charge in [0.15, 0.2) is 5.13 Å². The van der Waals surface area contributed by atoms with E-state index < -0.39 is 59.0 Å².